The topological polar surface area (TPSA) is 127 Å². The molecular weight excluding hydrogens is 576 g/mol. The zero-order valence-corrected chi connectivity index (χ0v) is 26.1. The predicted octanol–water partition coefficient (Wildman–Crippen LogP) is 5.52. The van der Waals surface area contributed by atoms with Gasteiger partial charge in [0, 0.05) is 30.7 Å². The molecule has 0 spiro atoms. The number of carboxylic acid groups (broad SMARTS) is 1. The summed E-state index contributed by atoms with van der Waals surface area (Å²) in [7, 11) is 0. The quantitative estimate of drug-likeness (QED) is 0.424. The van der Waals surface area contributed by atoms with E-state index in [2.05, 4.69) is 17.2 Å². The summed E-state index contributed by atoms with van der Waals surface area (Å²) in [4.78, 5) is 52.2. The smallest absolute Gasteiger partial charge is 0.410 e. The number of carboxylic acids is 1. The van der Waals surface area contributed by atoms with Gasteiger partial charge in [-0.25, -0.2) is 23.2 Å². The molecule has 4 rings (SSSR count). The van der Waals surface area contributed by atoms with Crippen LogP contribution in [-0.4, -0.2) is 62.6 Å². The first-order chi connectivity index (χ1) is 20.4. The number of benzene rings is 1. The fourth-order valence-corrected chi connectivity index (χ4v) is 5.47. The van der Waals surface area contributed by atoms with Crippen molar-refractivity contribution in [2.24, 2.45) is 0 Å². The number of hydrogen-bond acceptors (Lipinski definition) is 6. The van der Waals surface area contributed by atoms with Crippen LogP contribution in [0.1, 0.15) is 102 Å². The molecule has 2 aliphatic rings. The van der Waals surface area contributed by atoms with E-state index >= 15 is 4.39 Å². The Morgan fingerprint density at radius 2 is 1.73 bits per heavy atom. The van der Waals surface area contributed by atoms with E-state index in [0.29, 0.717) is 19.3 Å². The van der Waals surface area contributed by atoms with Crippen molar-refractivity contribution in [3.8, 4) is 11.8 Å². The average Bonchev–Trinajstić information content (AvgIpc) is 3.64. The number of halogens is 2. The molecular formula is C32H39F2N3O7. The van der Waals surface area contributed by atoms with Gasteiger partial charge < -0.3 is 29.4 Å². The second kappa shape index (κ2) is 12.1. The Labute approximate surface area is 254 Å². The molecule has 1 aliphatic carbocycles. The van der Waals surface area contributed by atoms with Crippen LogP contribution in [0, 0.1) is 23.5 Å². The van der Waals surface area contributed by atoms with Crippen LogP contribution in [0.25, 0.3) is 10.9 Å². The highest BCUT2D eigenvalue weighted by Gasteiger charge is 2.38. The summed E-state index contributed by atoms with van der Waals surface area (Å²) in [5.41, 5.74) is -2.92. The molecule has 2 N–H and O–H groups in total. The maximum atomic E-state index is 15.4. The molecule has 2 fully saturated rings. The molecule has 0 radical (unpaired) electrons. The monoisotopic (exact) mass is 615 g/mol. The molecule has 1 saturated heterocycles. The second-order valence-electron chi connectivity index (χ2n) is 13.2. The van der Waals surface area contributed by atoms with Crippen LogP contribution in [-0.2, 0) is 15.9 Å². The number of amides is 2. The van der Waals surface area contributed by atoms with Gasteiger partial charge in [0.25, 0.3) is 0 Å². The highest BCUT2D eigenvalue weighted by molar-refractivity contribution is 5.96. The van der Waals surface area contributed by atoms with Crippen molar-refractivity contribution < 1.29 is 37.7 Å². The number of hydrogen-bond donors (Lipinski definition) is 2. The Morgan fingerprint density at radius 1 is 1.09 bits per heavy atom. The van der Waals surface area contributed by atoms with E-state index in [1.54, 1.807) is 53.0 Å². The lowest BCUT2D eigenvalue weighted by Gasteiger charge is -2.27. The number of ether oxygens (including phenoxy) is 2. The van der Waals surface area contributed by atoms with Crippen molar-refractivity contribution in [3.63, 3.8) is 0 Å². The summed E-state index contributed by atoms with van der Waals surface area (Å²) in [6.45, 7) is 12.2. The van der Waals surface area contributed by atoms with Crippen LogP contribution >= 0.6 is 0 Å². The number of likely N-dealkylation sites (tertiary alicyclic amines) is 1. The summed E-state index contributed by atoms with van der Waals surface area (Å²) in [5.74, 6) is 1.57. The van der Waals surface area contributed by atoms with Gasteiger partial charge in [-0.05, 0) is 73.3 Å². The minimum atomic E-state index is -1.43. The summed E-state index contributed by atoms with van der Waals surface area (Å²) >= 11 is 0. The van der Waals surface area contributed by atoms with E-state index < -0.39 is 64.1 Å². The number of carbonyl (C=O) groups is 3. The van der Waals surface area contributed by atoms with E-state index in [1.165, 1.54) is 4.90 Å². The molecule has 2 atom stereocenters. The standard InChI is InChI=1S/C32H39F2N3O7/c1-8-23-24(28(39)40)27(38)21-15-22(33)25(34)20(26(21)37(23)18-12-13-18)11-9-10-19-14-17(35-29(41)43-31(2,3)4)16-36(19)30(42)44-32(5,6)7/h15,17-19H,8,10,12-14,16H2,1-7H3,(H,35,41)(H,39,40)/t17-,19+/m0/s1. The van der Waals surface area contributed by atoms with Gasteiger partial charge >= 0.3 is 18.2 Å². The number of pyridine rings is 1. The van der Waals surface area contributed by atoms with E-state index in [1.807, 2.05) is 0 Å². The Morgan fingerprint density at radius 3 is 2.27 bits per heavy atom. The van der Waals surface area contributed by atoms with Crippen LogP contribution in [0.4, 0.5) is 18.4 Å². The zero-order valence-electron chi connectivity index (χ0n) is 26.1. The van der Waals surface area contributed by atoms with Crippen LogP contribution in [0.2, 0.25) is 0 Å². The van der Waals surface area contributed by atoms with Gasteiger partial charge in [0.1, 0.15) is 16.8 Å². The molecule has 2 aromatic rings. The minimum Gasteiger partial charge on any atom is -0.477 e. The Hall–Kier alpha value is -4.14. The Balaban J connectivity index is 1.74. The van der Waals surface area contributed by atoms with Crippen LogP contribution in [0.5, 0.6) is 0 Å². The molecule has 1 aromatic heterocycles. The highest BCUT2D eigenvalue weighted by Crippen LogP contribution is 2.40. The van der Waals surface area contributed by atoms with E-state index in [-0.39, 0.29) is 47.6 Å². The summed E-state index contributed by atoms with van der Waals surface area (Å²) in [6, 6.07) is -0.460. The first-order valence-corrected chi connectivity index (χ1v) is 14.7. The van der Waals surface area contributed by atoms with Gasteiger partial charge in [-0.3, -0.25) is 4.79 Å². The summed E-state index contributed by atoms with van der Waals surface area (Å²) in [6.07, 6.45) is 0.630. The largest absolute Gasteiger partial charge is 0.477 e. The van der Waals surface area contributed by atoms with Crippen molar-refractivity contribution in [2.45, 2.75) is 110 Å². The van der Waals surface area contributed by atoms with Gasteiger partial charge in [0.2, 0.25) is 5.43 Å². The third kappa shape index (κ3) is 7.14. The van der Waals surface area contributed by atoms with Crippen molar-refractivity contribution in [3.05, 3.63) is 44.7 Å². The Bertz CT molecular complexity index is 1620. The average molecular weight is 616 g/mol. The molecule has 44 heavy (non-hydrogen) atoms. The molecule has 0 unspecified atom stereocenters. The molecule has 12 heteroatoms. The first-order valence-electron chi connectivity index (χ1n) is 14.7. The van der Waals surface area contributed by atoms with Crippen LogP contribution < -0.4 is 10.7 Å². The van der Waals surface area contributed by atoms with E-state index in [4.69, 9.17) is 9.47 Å². The van der Waals surface area contributed by atoms with Gasteiger partial charge in [-0.15, -0.1) is 0 Å². The normalized spacial score (nSPS) is 18.5. The number of nitrogens with one attached hydrogen (secondary N) is 1. The van der Waals surface area contributed by atoms with Gasteiger partial charge in [0.05, 0.1) is 22.5 Å². The van der Waals surface area contributed by atoms with E-state index in [0.717, 1.165) is 6.07 Å². The fourth-order valence-electron chi connectivity index (χ4n) is 5.47. The van der Waals surface area contributed by atoms with Crippen molar-refractivity contribution in [1.29, 1.82) is 0 Å². The molecule has 2 heterocycles. The van der Waals surface area contributed by atoms with Crippen molar-refractivity contribution in [1.82, 2.24) is 14.8 Å². The van der Waals surface area contributed by atoms with Crippen LogP contribution in [0.3, 0.4) is 0 Å². The van der Waals surface area contributed by atoms with Crippen molar-refractivity contribution in [2.75, 3.05) is 6.54 Å². The number of nitrogens with zero attached hydrogens (tertiary/aromatic N) is 2. The zero-order chi connectivity index (χ0) is 32.7. The minimum absolute atomic E-state index is 0.0185. The molecule has 0 bridgehead atoms. The Kier molecular flexibility index (Phi) is 9.01. The number of alkyl carbamates (subject to hydrolysis) is 1. The maximum Gasteiger partial charge on any atom is 0.410 e. The lowest BCUT2D eigenvalue weighted by atomic mass is 10.0. The van der Waals surface area contributed by atoms with Gasteiger partial charge in [0.15, 0.2) is 11.6 Å². The molecule has 1 aromatic carbocycles. The summed E-state index contributed by atoms with van der Waals surface area (Å²) < 4.78 is 42.8. The van der Waals surface area contributed by atoms with Crippen LogP contribution in [0.15, 0.2) is 10.9 Å². The lowest BCUT2D eigenvalue weighted by molar-refractivity contribution is 0.0221. The molecule has 1 aliphatic heterocycles. The number of aromatic carboxylic acids is 1. The maximum absolute atomic E-state index is 15.4. The van der Waals surface area contributed by atoms with E-state index in [9.17, 15) is 28.7 Å². The van der Waals surface area contributed by atoms with Gasteiger partial charge in [-0.1, -0.05) is 18.8 Å². The second-order valence-corrected chi connectivity index (χ2v) is 13.2. The first kappa shape index (κ1) is 32.8. The molecule has 10 nitrogen and oxygen atoms in total. The number of rotatable bonds is 5. The SMILES string of the molecule is CCc1c(C(=O)O)c(=O)c2cc(F)c(F)c(C#CC[C@@H]3C[C@H](NC(=O)OC(C)(C)C)CN3C(=O)OC(C)(C)C)c2n1C1CC1. The van der Waals surface area contributed by atoms with Gasteiger partial charge in [-0.2, -0.15) is 0 Å². The molecule has 238 valence electrons. The summed E-state index contributed by atoms with van der Waals surface area (Å²) in [5, 5.41) is 12.3. The third-order valence-corrected chi connectivity index (χ3v) is 7.26. The lowest BCUT2D eigenvalue weighted by Crippen LogP contribution is -2.43. The molecule has 1 saturated carbocycles. The predicted molar refractivity (Wildman–Crippen MR) is 159 cm³/mol. The number of aromatic nitrogens is 1. The third-order valence-electron chi connectivity index (χ3n) is 7.26. The fraction of sp³-hybridized carbons (Fsp3) is 0.562. The highest BCUT2D eigenvalue weighted by atomic mass is 19.2. The number of carbonyl (C=O) groups excluding carboxylic acids is 2. The molecule has 2 amide bonds. The van der Waals surface area contributed by atoms with Crippen molar-refractivity contribution >= 4 is 29.1 Å². The number of fused-ring (bicyclic) bond motifs is 1.